The lowest BCUT2D eigenvalue weighted by molar-refractivity contribution is -0.153. The van der Waals surface area contributed by atoms with E-state index in [9.17, 15) is 4.79 Å². The zero-order valence-electron chi connectivity index (χ0n) is 10.2. The summed E-state index contributed by atoms with van der Waals surface area (Å²) >= 11 is 1.53. The highest BCUT2D eigenvalue weighted by Crippen LogP contribution is 2.23. The van der Waals surface area contributed by atoms with E-state index in [1.54, 1.807) is 6.19 Å². The maximum Gasteiger partial charge on any atom is 0.304 e. The highest BCUT2D eigenvalue weighted by molar-refractivity contribution is 8.14. The number of nitrogens with zero attached hydrogens (tertiary/aromatic N) is 3. The minimum Gasteiger partial charge on any atom is -0.442 e. The Morgan fingerprint density at radius 2 is 2.53 bits per heavy atom. The average Bonchev–Trinajstić information content (AvgIpc) is 2.72. The number of nitriles is 1. The van der Waals surface area contributed by atoms with Gasteiger partial charge < -0.3 is 9.64 Å². The van der Waals surface area contributed by atoms with E-state index in [0.29, 0.717) is 5.17 Å². The molecule has 0 bridgehead atoms. The molecule has 1 rings (SSSR count). The molecule has 1 aliphatic rings. The number of hydrogen-bond donors (Lipinski definition) is 0. The third-order valence-corrected chi connectivity index (χ3v) is 3.38. The summed E-state index contributed by atoms with van der Waals surface area (Å²) < 4.78 is 5.30. The molecule has 0 spiro atoms. The highest BCUT2D eigenvalue weighted by Gasteiger charge is 2.28. The van der Waals surface area contributed by atoms with Crippen molar-refractivity contribution in [1.82, 2.24) is 4.90 Å². The molecule has 1 aliphatic heterocycles. The van der Waals surface area contributed by atoms with Gasteiger partial charge in [-0.2, -0.15) is 5.26 Å². The zero-order chi connectivity index (χ0) is 12.7. The van der Waals surface area contributed by atoms with Gasteiger partial charge in [-0.25, -0.2) is 0 Å². The van der Waals surface area contributed by atoms with Crippen molar-refractivity contribution in [3.63, 3.8) is 0 Å². The highest BCUT2D eigenvalue weighted by atomic mass is 32.2. The molecule has 0 aromatic rings. The van der Waals surface area contributed by atoms with E-state index in [4.69, 9.17) is 10.00 Å². The van der Waals surface area contributed by atoms with Crippen LogP contribution >= 0.6 is 11.8 Å². The largest absolute Gasteiger partial charge is 0.442 e. The van der Waals surface area contributed by atoms with Gasteiger partial charge in [0.2, 0.25) is 6.19 Å². The van der Waals surface area contributed by atoms with Crippen LogP contribution in [0.2, 0.25) is 0 Å². The Morgan fingerprint density at radius 1 is 1.76 bits per heavy atom. The molecule has 94 valence electrons. The molecule has 1 heterocycles. The minimum absolute atomic E-state index is 0.283. The summed E-state index contributed by atoms with van der Waals surface area (Å²) in [6, 6.07) is 0. The van der Waals surface area contributed by atoms with Gasteiger partial charge in [0, 0.05) is 25.6 Å². The summed E-state index contributed by atoms with van der Waals surface area (Å²) in [5, 5.41) is 9.26. The number of hydrogen-bond acceptors (Lipinski definition) is 5. The van der Waals surface area contributed by atoms with Gasteiger partial charge in [0.15, 0.2) is 11.4 Å². The van der Waals surface area contributed by atoms with Gasteiger partial charge in [-0.3, -0.25) is 4.79 Å². The second-order valence-corrected chi connectivity index (χ2v) is 4.80. The molecule has 0 aliphatic carbocycles. The number of ether oxygens (including phenoxy) is 1. The van der Waals surface area contributed by atoms with Crippen molar-refractivity contribution in [3.05, 3.63) is 0 Å². The van der Waals surface area contributed by atoms with Crippen LogP contribution in [0.1, 0.15) is 33.1 Å². The number of amidine groups is 1. The Kier molecular flexibility index (Phi) is 5.84. The van der Waals surface area contributed by atoms with Crippen molar-refractivity contribution in [2.45, 2.75) is 39.3 Å². The van der Waals surface area contributed by atoms with Gasteiger partial charge in [0.25, 0.3) is 0 Å². The predicted octanol–water partition coefficient (Wildman–Crippen LogP) is 1.95. The van der Waals surface area contributed by atoms with Crippen LogP contribution in [0.15, 0.2) is 4.99 Å². The van der Waals surface area contributed by atoms with Gasteiger partial charge in [-0.15, -0.1) is 4.99 Å². The third kappa shape index (κ3) is 4.27. The van der Waals surface area contributed by atoms with Gasteiger partial charge >= 0.3 is 5.97 Å². The van der Waals surface area contributed by atoms with Crippen molar-refractivity contribution in [3.8, 4) is 6.19 Å². The topological polar surface area (TPSA) is 65.7 Å². The lowest BCUT2D eigenvalue weighted by Crippen LogP contribution is -2.39. The van der Waals surface area contributed by atoms with E-state index >= 15 is 0 Å². The van der Waals surface area contributed by atoms with Crippen LogP contribution in [0, 0.1) is 11.5 Å². The lowest BCUT2D eigenvalue weighted by atomic mass is 10.2. The molecule has 0 saturated carbocycles. The summed E-state index contributed by atoms with van der Waals surface area (Å²) in [4.78, 5) is 16.7. The summed E-state index contributed by atoms with van der Waals surface area (Å²) in [6.07, 6.45) is 4.32. The third-order valence-electron chi connectivity index (χ3n) is 2.41. The van der Waals surface area contributed by atoms with E-state index in [1.807, 2.05) is 4.90 Å². The van der Waals surface area contributed by atoms with Crippen LogP contribution in [0.4, 0.5) is 0 Å². The van der Waals surface area contributed by atoms with Gasteiger partial charge in [0.05, 0.1) is 0 Å². The summed E-state index contributed by atoms with van der Waals surface area (Å²) in [5.41, 5.74) is 0. The van der Waals surface area contributed by atoms with Crippen molar-refractivity contribution in [2.75, 3.05) is 12.3 Å². The number of carbonyl (C=O) groups is 1. The standard InChI is InChI=1S/C11H17N3O2S/c1-3-4-5-10(16-9(2)15)14-6-7-17-11(14)13-8-12/h10H,3-7H2,1-2H3. The monoisotopic (exact) mass is 255 g/mol. The normalized spacial score (nSPS) is 19.1. The first-order valence-electron chi connectivity index (χ1n) is 5.72. The first-order chi connectivity index (χ1) is 8.19. The van der Waals surface area contributed by atoms with Gasteiger partial charge in [-0.05, 0) is 6.42 Å². The Labute approximate surface area is 106 Å². The van der Waals surface area contributed by atoms with Gasteiger partial charge in [0.1, 0.15) is 0 Å². The van der Waals surface area contributed by atoms with Crippen molar-refractivity contribution >= 4 is 22.9 Å². The van der Waals surface area contributed by atoms with Crippen LogP contribution in [0.3, 0.4) is 0 Å². The molecule has 5 nitrogen and oxygen atoms in total. The molecule has 17 heavy (non-hydrogen) atoms. The van der Waals surface area contributed by atoms with Crippen LogP contribution in [-0.4, -0.2) is 34.6 Å². The minimum atomic E-state index is -0.292. The average molecular weight is 255 g/mol. The Hall–Kier alpha value is -1.22. The Morgan fingerprint density at radius 3 is 3.12 bits per heavy atom. The quantitative estimate of drug-likeness (QED) is 0.555. The van der Waals surface area contributed by atoms with Gasteiger partial charge in [-0.1, -0.05) is 25.1 Å². The zero-order valence-corrected chi connectivity index (χ0v) is 11.0. The summed E-state index contributed by atoms with van der Waals surface area (Å²) in [7, 11) is 0. The molecule has 0 N–H and O–H groups in total. The second kappa shape index (κ2) is 7.17. The van der Waals surface area contributed by atoms with Crippen LogP contribution in [-0.2, 0) is 9.53 Å². The molecular formula is C11H17N3O2S. The summed E-state index contributed by atoms with van der Waals surface area (Å²) in [6.45, 7) is 4.27. The number of thioether (sulfide) groups is 1. The van der Waals surface area contributed by atoms with Crippen molar-refractivity contribution < 1.29 is 9.53 Å². The molecule has 1 unspecified atom stereocenters. The van der Waals surface area contributed by atoms with E-state index in [1.165, 1.54) is 18.7 Å². The molecule has 1 fully saturated rings. The first kappa shape index (κ1) is 13.8. The van der Waals surface area contributed by atoms with Crippen LogP contribution in [0.25, 0.3) is 0 Å². The molecule has 1 atom stereocenters. The molecule has 6 heteroatoms. The fourth-order valence-electron chi connectivity index (χ4n) is 1.67. The lowest BCUT2D eigenvalue weighted by Gasteiger charge is -2.27. The SMILES string of the molecule is CCCCC(OC(C)=O)N1CCSC1=NC#N. The number of rotatable bonds is 5. The van der Waals surface area contributed by atoms with Crippen molar-refractivity contribution in [2.24, 2.45) is 4.99 Å². The molecule has 0 aromatic heterocycles. The number of unbranched alkanes of at least 4 members (excludes halogenated alkanes) is 1. The molecule has 0 aromatic carbocycles. The fourth-order valence-corrected chi connectivity index (χ4v) is 2.62. The van der Waals surface area contributed by atoms with Crippen LogP contribution in [0.5, 0.6) is 0 Å². The molecule has 0 amide bonds. The smallest absolute Gasteiger partial charge is 0.304 e. The summed E-state index contributed by atoms with van der Waals surface area (Å²) in [5.74, 6) is 0.587. The Balaban J connectivity index is 2.70. The van der Waals surface area contributed by atoms with E-state index in [0.717, 1.165) is 31.6 Å². The first-order valence-corrected chi connectivity index (χ1v) is 6.71. The maximum atomic E-state index is 11.1. The molecular weight excluding hydrogens is 238 g/mol. The van der Waals surface area contributed by atoms with E-state index < -0.39 is 0 Å². The molecule has 1 saturated heterocycles. The van der Waals surface area contributed by atoms with Crippen molar-refractivity contribution in [1.29, 1.82) is 5.26 Å². The second-order valence-electron chi connectivity index (χ2n) is 3.74. The number of esters is 1. The van der Waals surface area contributed by atoms with E-state index in [-0.39, 0.29) is 12.2 Å². The van der Waals surface area contributed by atoms with Crippen LogP contribution < -0.4 is 0 Å². The Bertz CT molecular complexity index is 338. The van der Waals surface area contributed by atoms with E-state index in [2.05, 4.69) is 11.9 Å². The molecule has 0 radical (unpaired) electrons. The fraction of sp³-hybridized carbons (Fsp3) is 0.727. The maximum absolute atomic E-state index is 11.1. The number of aliphatic imine (C=N–C) groups is 1. The number of carbonyl (C=O) groups excluding carboxylic acids is 1. The predicted molar refractivity (Wildman–Crippen MR) is 67.3 cm³/mol.